The molecule has 1 aliphatic carbocycles. The maximum atomic E-state index is 5.55. The molecule has 3 heterocycles. The van der Waals surface area contributed by atoms with E-state index in [0.717, 1.165) is 54.9 Å². The zero-order valence-corrected chi connectivity index (χ0v) is 17.6. The molecule has 8 heteroatoms. The van der Waals surface area contributed by atoms with Gasteiger partial charge < -0.3 is 25.6 Å². The fraction of sp³-hybridized carbons (Fsp3) is 0.571. The third-order valence-electron chi connectivity index (χ3n) is 5.84. The number of methoxy groups -OCH3 is 1. The smallest absolute Gasteiger partial charge is 0.227 e. The first-order valence-electron chi connectivity index (χ1n) is 10.4. The maximum absolute atomic E-state index is 5.55. The van der Waals surface area contributed by atoms with Crippen molar-refractivity contribution in [3.8, 4) is 0 Å². The topological polar surface area (TPSA) is 87.2 Å². The van der Waals surface area contributed by atoms with Crippen LogP contribution in [0.2, 0.25) is 0 Å². The molecule has 2 unspecified atom stereocenters. The van der Waals surface area contributed by atoms with Gasteiger partial charge >= 0.3 is 0 Å². The van der Waals surface area contributed by atoms with Crippen molar-refractivity contribution < 1.29 is 4.74 Å². The molecule has 3 atom stereocenters. The summed E-state index contributed by atoms with van der Waals surface area (Å²) in [4.78, 5) is 16.1. The number of pyridine rings is 1. The van der Waals surface area contributed by atoms with Crippen molar-refractivity contribution in [2.75, 3.05) is 48.1 Å². The predicted octanol–water partition coefficient (Wildman–Crippen LogP) is 3.34. The maximum Gasteiger partial charge on any atom is 0.227 e. The summed E-state index contributed by atoms with van der Waals surface area (Å²) in [5.74, 6) is 3.65. The van der Waals surface area contributed by atoms with E-state index in [2.05, 4.69) is 44.7 Å². The zero-order chi connectivity index (χ0) is 20.4. The van der Waals surface area contributed by atoms with Crippen LogP contribution < -0.4 is 20.9 Å². The van der Waals surface area contributed by atoms with Gasteiger partial charge in [-0.3, -0.25) is 0 Å². The molecule has 2 aliphatic rings. The molecule has 0 amide bonds. The lowest BCUT2D eigenvalue weighted by molar-refractivity contribution is 0.102. The SMILES string of the molecule is CNc1cnc(Nc2ccnc(N3CC4CC(OC)C[C@H]4C3)n2)cc1NC(C)C. The molecule has 4 rings (SSSR count). The highest BCUT2D eigenvalue weighted by atomic mass is 16.5. The molecular weight excluding hydrogens is 366 g/mol. The van der Waals surface area contributed by atoms with Crippen molar-refractivity contribution in [1.29, 1.82) is 0 Å². The first-order chi connectivity index (χ1) is 14.1. The van der Waals surface area contributed by atoms with Gasteiger partial charge in [-0.05, 0) is 44.6 Å². The highest BCUT2D eigenvalue weighted by molar-refractivity contribution is 5.72. The highest BCUT2D eigenvalue weighted by Crippen LogP contribution is 2.40. The molecule has 0 radical (unpaired) electrons. The van der Waals surface area contributed by atoms with Gasteiger partial charge in [-0.15, -0.1) is 0 Å². The van der Waals surface area contributed by atoms with Crippen LogP contribution in [0.15, 0.2) is 24.5 Å². The summed E-state index contributed by atoms with van der Waals surface area (Å²) < 4.78 is 5.55. The Morgan fingerprint density at radius 2 is 1.86 bits per heavy atom. The predicted molar refractivity (Wildman–Crippen MR) is 117 cm³/mol. The van der Waals surface area contributed by atoms with Crippen molar-refractivity contribution in [3.63, 3.8) is 0 Å². The van der Waals surface area contributed by atoms with Gasteiger partial charge in [0, 0.05) is 45.6 Å². The third kappa shape index (κ3) is 4.37. The number of rotatable bonds is 7. The van der Waals surface area contributed by atoms with Gasteiger partial charge in [-0.2, -0.15) is 4.98 Å². The normalized spacial score (nSPS) is 23.3. The lowest BCUT2D eigenvalue weighted by atomic mass is 10.0. The van der Waals surface area contributed by atoms with Gasteiger partial charge in [0.1, 0.15) is 11.6 Å². The number of nitrogens with one attached hydrogen (secondary N) is 3. The molecule has 0 spiro atoms. The van der Waals surface area contributed by atoms with Crippen molar-refractivity contribution in [3.05, 3.63) is 24.5 Å². The van der Waals surface area contributed by atoms with Gasteiger partial charge in [0.05, 0.1) is 23.7 Å². The van der Waals surface area contributed by atoms with E-state index in [1.165, 1.54) is 0 Å². The fourth-order valence-corrected chi connectivity index (χ4v) is 4.46. The van der Waals surface area contributed by atoms with Crippen LogP contribution in [0.1, 0.15) is 26.7 Å². The van der Waals surface area contributed by atoms with Crippen LogP contribution in [0, 0.1) is 11.8 Å². The van der Waals surface area contributed by atoms with Crippen molar-refractivity contribution in [2.24, 2.45) is 11.8 Å². The standard InChI is InChI=1S/C21H31N7O/c1-13(2)25-17-9-20(24-10-18(17)22-3)26-19-5-6-23-21(27-19)28-11-14-7-16(29-4)8-15(14)12-28/h5-6,9-10,13-16,22H,7-8,11-12H2,1-4H3,(H2,23,24,25,26,27)/t14-,15?,16?/m0/s1. The number of fused-ring (bicyclic) bond motifs is 1. The largest absolute Gasteiger partial charge is 0.385 e. The number of hydrogen-bond donors (Lipinski definition) is 3. The molecule has 2 aromatic heterocycles. The van der Waals surface area contributed by atoms with Crippen LogP contribution in [0.3, 0.4) is 0 Å². The summed E-state index contributed by atoms with van der Waals surface area (Å²) in [6.45, 7) is 6.24. The Balaban J connectivity index is 1.46. The van der Waals surface area contributed by atoms with Gasteiger partial charge in [0.2, 0.25) is 5.95 Å². The molecule has 1 saturated heterocycles. The molecule has 2 fully saturated rings. The number of anilines is 5. The molecule has 0 aromatic carbocycles. The van der Waals surface area contributed by atoms with Gasteiger partial charge in [-0.1, -0.05) is 0 Å². The Labute approximate surface area is 172 Å². The van der Waals surface area contributed by atoms with E-state index in [1.807, 2.05) is 38.7 Å². The lowest BCUT2D eigenvalue weighted by Crippen LogP contribution is -2.25. The Morgan fingerprint density at radius 3 is 2.52 bits per heavy atom. The van der Waals surface area contributed by atoms with Crippen LogP contribution >= 0.6 is 0 Å². The van der Waals surface area contributed by atoms with Crippen molar-refractivity contribution in [2.45, 2.75) is 38.8 Å². The lowest BCUT2D eigenvalue weighted by Gasteiger charge is -2.19. The van der Waals surface area contributed by atoms with Crippen molar-refractivity contribution >= 4 is 29.0 Å². The molecule has 156 valence electrons. The third-order valence-corrected chi connectivity index (χ3v) is 5.84. The summed E-state index contributed by atoms with van der Waals surface area (Å²) in [7, 11) is 3.72. The Kier molecular flexibility index (Phi) is 5.71. The molecule has 2 aromatic rings. The van der Waals surface area contributed by atoms with Crippen LogP contribution in [-0.4, -0.2) is 54.3 Å². The van der Waals surface area contributed by atoms with Crippen molar-refractivity contribution in [1.82, 2.24) is 15.0 Å². The number of hydrogen-bond acceptors (Lipinski definition) is 8. The van der Waals surface area contributed by atoms with E-state index in [-0.39, 0.29) is 0 Å². The second kappa shape index (κ2) is 8.41. The first kappa shape index (κ1) is 19.7. The molecule has 3 N–H and O–H groups in total. The van der Waals surface area contributed by atoms with E-state index in [9.17, 15) is 0 Å². The van der Waals surface area contributed by atoms with Gasteiger partial charge in [0.15, 0.2) is 0 Å². The Hall–Kier alpha value is -2.61. The highest BCUT2D eigenvalue weighted by Gasteiger charge is 2.41. The first-order valence-corrected chi connectivity index (χ1v) is 10.4. The monoisotopic (exact) mass is 397 g/mol. The van der Waals surface area contributed by atoms with Gasteiger partial charge in [0.25, 0.3) is 0 Å². The minimum atomic E-state index is 0.329. The summed E-state index contributed by atoms with van der Waals surface area (Å²) in [5.41, 5.74) is 1.97. The molecule has 8 nitrogen and oxygen atoms in total. The summed E-state index contributed by atoms with van der Waals surface area (Å²) >= 11 is 0. The van der Waals surface area contributed by atoms with E-state index < -0.39 is 0 Å². The molecule has 1 aliphatic heterocycles. The van der Waals surface area contributed by atoms with Crippen LogP contribution in [-0.2, 0) is 4.74 Å². The zero-order valence-electron chi connectivity index (χ0n) is 17.6. The minimum Gasteiger partial charge on any atom is -0.385 e. The van der Waals surface area contributed by atoms with Gasteiger partial charge in [-0.25, -0.2) is 9.97 Å². The second-order valence-electron chi connectivity index (χ2n) is 8.29. The summed E-state index contributed by atoms with van der Waals surface area (Å²) in [5, 5.41) is 9.94. The van der Waals surface area contributed by atoms with Crippen LogP contribution in [0.5, 0.6) is 0 Å². The van der Waals surface area contributed by atoms with E-state index in [0.29, 0.717) is 24.0 Å². The average molecular weight is 398 g/mol. The molecule has 0 bridgehead atoms. The minimum absolute atomic E-state index is 0.329. The van der Waals surface area contributed by atoms with Crippen LogP contribution in [0.4, 0.5) is 29.0 Å². The summed E-state index contributed by atoms with van der Waals surface area (Å²) in [6, 6.07) is 4.21. The second-order valence-corrected chi connectivity index (χ2v) is 8.29. The van der Waals surface area contributed by atoms with E-state index in [4.69, 9.17) is 9.72 Å². The Morgan fingerprint density at radius 1 is 1.10 bits per heavy atom. The number of nitrogens with zero attached hydrogens (tertiary/aromatic N) is 4. The number of ether oxygens (including phenoxy) is 1. The number of aromatic nitrogens is 3. The van der Waals surface area contributed by atoms with Crippen LogP contribution in [0.25, 0.3) is 0 Å². The van der Waals surface area contributed by atoms with E-state index in [1.54, 1.807) is 0 Å². The van der Waals surface area contributed by atoms with E-state index >= 15 is 0 Å². The average Bonchev–Trinajstić information content (AvgIpc) is 3.27. The quantitative estimate of drug-likeness (QED) is 0.656. The Bertz CT molecular complexity index is 830. The summed E-state index contributed by atoms with van der Waals surface area (Å²) in [6.07, 6.45) is 6.34. The molecule has 1 saturated carbocycles. The molecular formula is C21H31N7O. The fourth-order valence-electron chi connectivity index (χ4n) is 4.46. The molecule has 29 heavy (non-hydrogen) atoms.